The van der Waals surface area contributed by atoms with E-state index in [0.717, 1.165) is 29.4 Å². The third kappa shape index (κ3) is 79.9. The minimum absolute atomic E-state index is 0.463. The van der Waals surface area contributed by atoms with Gasteiger partial charge in [-0.15, -0.1) is 5.73 Å². The summed E-state index contributed by atoms with van der Waals surface area (Å²) >= 11 is 0. The Balaban J connectivity index is -0.0000000515. The lowest BCUT2D eigenvalue weighted by atomic mass is 9.78. The van der Waals surface area contributed by atoms with Crippen LogP contribution in [-0.2, 0) is 0 Å². The van der Waals surface area contributed by atoms with Gasteiger partial charge < -0.3 is 9.98 Å². The Morgan fingerprint density at radius 3 is 0.717 bits per heavy atom. The number of rotatable bonds is 9. The molecule has 0 saturated heterocycles. The highest BCUT2D eigenvalue weighted by Crippen LogP contribution is 2.27. The summed E-state index contributed by atoms with van der Waals surface area (Å²) < 4.78 is 0. The van der Waals surface area contributed by atoms with Gasteiger partial charge in [-0.25, -0.2) is 0 Å². The summed E-state index contributed by atoms with van der Waals surface area (Å²) in [6.45, 7) is 73.8. The van der Waals surface area contributed by atoms with E-state index in [9.17, 15) is 0 Å². The average Bonchev–Trinajstić information content (AvgIpc) is 2.95. The normalized spacial score (nSPS) is 9.23. The molecule has 0 aromatic heterocycles. The number of hydrogen-bond acceptors (Lipinski definition) is 4. The lowest BCUT2D eigenvalue weighted by Crippen LogP contribution is -2.42. The number of aliphatic imine (C=N–C) groups is 3. The molecular weight excluding hydrogens is 645 g/mol. The fraction of sp³-hybridized carbons (Fsp3) is 0.837. The van der Waals surface area contributed by atoms with E-state index in [4.69, 9.17) is 0 Å². The molecule has 0 saturated carbocycles. The van der Waals surface area contributed by atoms with Crippen LogP contribution in [0.25, 0.3) is 0 Å². The fourth-order valence-electron chi connectivity index (χ4n) is 6.44. The maximum Gasteiger partial charge on any atom is 0.0442 e. The van der Waals surface area contributed by atoms with Gasteiger partial charge in [0.15, 0.2) is 0 Å². The summed E-state index contributed by atoms with van der Waals surface area (Å²) in [7, 11) is 3.28. The summed E-state index contributed by atoms with van der Waals surface area (Å²) in [5.41, 5.74) is 6.51. The van der Waals surface area contributed by atoms with Crippen molar-refractivity contribution in [2.24, 2.45) is 50.5 Å². The minimum Gasteiger partial charge on any atom is -0.304 e. The van der Waals surface area contributed by atoms with E-state index in [1.54, 1.807) is 19.7 Å². The second-order valence-electron chi connectivity index (χ2n) is 15.6. The third-order valence-electron chi connectivity index (χ3n) is 6.44. The molecule has 4 heteroatoms. The molecule has 0 fully saturated rings. The molecule has 326 valence electrons. The molecule has 0 aliphatic heterocycles. The van der Waals surface area contributed by atoms with E-state index in [1.165, 1.54) is 12.0 Å². The van der Waals surface area contributed by atoms with Crippen LogP contribution in [0.2, 0.25) is 0 Å². The molecule has 0 unspecified atom stereocenters. The van der Waals surface area contributed by atoms with E-state index < -0.39 is 0 Å². The van der Waals surface area contributed by atoms with Crippen molar-refractivity contribution in [3.05, 3.63) is 30.0 Å². The molecular formula is C49H110N4. The van der Waals surface area contributed by atoms with Crippen LogP contribution in [0.1, 0.15) is 200 Å². The summed E-state index contributed by atoms with van der Waals surface area (Å²) in [5, 5.41) is 0. The van der Waals surface area contributed by atoms with Crippen LogP contribution in [0.3, 0.4) is 0 Å². The van der Waals surface area contributed by atoms with Gasteiger partial charge >= 0.3 is 0 Å². The summed E-state index contributed by atoms with van der Waals surface area (Å²) in [6, 6.07) is 2.46. The molecule has 0 aliphatic rings. The Morgan fingerprint density at radius 1 is 0.528 bits per heavy atom. The van der Waals surface area contributed by atoms with Gasteiger partial charge in [0, 0.05) is 44.0 Å². The predicted octanol–water partition coefficient (Wildman–Crippen LogP) is 16.7. The van der Waals surface area contributed by atoms with Gasteiger partial charge in [0.05, 0.1) is 0 Å². The molecule has 0 aliphatic carbocycles. The van der Waals surface area contributed by atoms with Crippen LogP contribution in [0.15, 0.2) is 45.0 Å². The van der Waals surface area contributed by atoms with Crippen molar-refractivity contribution in [1.29, 1.82) is 0 Å². The van der Waals surface area contributed by atoms with Crippen LogP contribution in [-0.4, -0.2) is 62.3 Å². The smallest absolute Gasteiger partial charge is 0.0442 e. The van der Waals surface area contributed by atoms with Crippen LogP contribution in [0.5, 0.6) is 0 Å². The lowest BCUT2D eigenvalue weighted by Gasteiger charge is -2.34. The first-order valence-electron chi connectivity index (χ1n) is 21.1. The highest BCUT2D eigenvalue weighted by Gasteiger charge is 2.20. The molecule has 53 heavy (non-hydrogen) atoms. The van der Waals surface area contributed by atoms with Gasteiger partial charge in [-0.1, -0.05) is 142 Å². The van der Waals surface area contributed by atoms with Crippen LogP contribution in [0.4, 0.5) is 0 Å². The van der Waals surface area contributed by atoms with Crippen LogP contribution >= 0.6 is 0 Å². The largest absolute Gasteiger partial charge is 0.304 e. The molecule has 0 amide bonds. The standard InChI is InChI=1S/C10H22.C10H20.C9H21N.C6H13N.C3H8.C3H4.2C2H5N.2C2H6/c3*1-7(2)10(8(3)4)9(5)6;1-5(2)7-6(3)4;4*1-3-2;2*1-2/h7-10H,1-6H3;7-8H,1-6H3;7-9H,1-6H3;5H,1-4H3;3H2,1-2H3;1-2H2;2*1H2,2H3;2*1-2H3. The molecule has 0 radical (unpaired) electrons. The Kier molecular flexibility index (Phi) is 85.4. The Bertz CT molecular complexity index is 671. The Morgan fingerprint density at radius 2 is 0.717 bits per heavy atom. The van der Waals surface area contributed by atoms with Crippen molar-refractivity contribution in [3.63, 3.8) is 0 Å². The highest BCUT2D eigenvalue weighted by molar-refractivity contribution is 5.79. The predicted molar refractivity (Wildman–Crippen MR) is 262 cm³/mol. The fourth-order valence-corrected chi connectivity index (χ4v) is 6.44. The molecule has 0 spiro atoms. The van der Waals surface area contributed by atoms with Crippen LogP contribution in [0, 0.1) is 35.5 Å². The van der Waals surface area contributed by atoms with E-state index >= 15 is 0 Å². The summed E-state index contributed by atoms with van der Waals surface area (Å²) in [6.07, 6.45) is 1.25. The lowest BCUT2D eigenvalue weighted by molar-refractivity contribution is 0.133. The van der Waals surface area contributed by atoms with Crippen molar-refractivity contribution in [1.82, 2.24) is 4.90 Å². The Hall–Kier alpha value is -1.77. The SMILES string of the molecule is C=C=C.C=NC.C=NC.CC.CC.CC(C)=C(C(C)C)C(C)C.CC(C)=NC(C)C.CC(C)C(C(C)C)C(C)C.CC(C)N(C(C)C)C(C)C.CCC. The first-order valence-corrected chi connectivity index (χ1v) is 21.1. The van der Waals surface area contributed by atoms with Crippen molar-refractivity contribution < 1.29 is 0 Å². The molecule has 0 atom stereocenters. The summed E-state index contributed by atoms with van der Waals surface area (Å²) in [5.74, 6) is 4.81. The minimum atomic E-state index is 0.463. The molecule has 0 heterocycles. The highest BCUT2D eigenvalue weighted by atomic mass is 15.2. The number of allylic oxidation sites excluding steroid dienone is 2. The van der Waals surface area contributed by atoms with Crippen molar-refractivity contribution in [2.45, 2.75) is 224 Å². The molecule has 0 N–H and O–H groups in total. The first kappa shape index (κ1) is 76.0. The second kappa shape index (κ2) is 59.5. The monoisotopic (exact) mass is 755 g/mol. The average molecular weight is 755 g/mol. The van der Waals surface area contributed by atoms with Crippen LogP contribution < -0.4 is 0 Å². The zero-order chi connectivity index (χ0) is 45.6. The molecule has 4 nitrogen and oxygen atoms in total. The Labute approximate surface area is 342 Å². The maximum atomic E-state index is 4.19. The van der Waals surface area contributed by atoms with E-state index in [1.807, 2.05) is 41.5 Å². The van der Waals surface area contributed by atoms with Gasteiger partial charge in [0.1, 0.15) is 0 Å². The van der Waals surface area contributed by atoms with Gasteiger partial charge in [-0.3, -0.25) is 9.89 Å². The van der Waals surface area contributed by atoms with Gasteiger partial charge in [-0.2, -0.15) is 0 Å². The molecule has 0 aromatic carbocycles. The third-order valence-corrected chi connectivity index (χ3v) is 6.44. The van der Waals surface area contributed by atoms with E-state index in [-0.39, 0.29) is 0 Å². The molecule has 0 bridgehead atoms. The van der Waals surface area contributed by atoms with Gasteiger partial charge in [0.25, 0.3) is 0 Å². The topological polar surface area (TPSA) is 40.3 Å². The van der Waals surface area contributed by atoms with Gasteiger partial charge in [-0.05, 0) is 132 Å². The van der Waals surface area contributed by atoms with E-state index in [2.05, 4.69) is 205 Å². The first-order chi connectivity index (χ1) is 24.2. The quantitative estimate of drug-likeness (QED) is 0.131. The van der Waals surface area contributed by atoms with Crippen molar-refractivity contribution >= 4 is 19.1 Å². The van der Waals surface area contributed by atoms with Crippen molar-refractivity contribution in [3.8, 4) is 0 Å². The maximum absolute atomic E-state index is 4.19. The summed E-state index contributed by atoms with van der Waals surface area (Å²) in [4.78, 5) is 13.2. The van der Waals surface area contributed by atoms with Gasteiger partial charge in [0.2, 0.25) is 0 Å². The second-order valence-corrected chi connectivity index (χ2v) is 15.6. The molecule has 0 rings (SSSR count). The molecule has 0 aromatic rings. The number of nitrogens with zero attached hydrogens (tertiary/aromatic N) is 4. The van der Waals surface area contributed by atoms with E-state index in [0.29, 0.717) is 36.0 Å². The zero-order valence-electron chi connectivity index (χ0n) is 43.1. The van der Waals surface area contributed by atoms with Crippen molar-refractivity contribution in [2.75, 3.05) is 14.1 Å². The zero-order valence-corrected chi connectivity index (χ0v) is 43.1. The number of hydrogen-bond donors (Lipinski definition) is 0.